The number of hydrogen-bond acceptors (Lipinski definition) is 3. The van der Waals surface area contributed by atoms with Crippen LogP contribution in [-0.4, -0.2) is 41.8 Å². The van der Waals surface area contributed by atoms with Gasteiger partial charge >= 0.3 is 6.03 Å². The molecule has 1 unspecified atom stereocenters. The summed E-state index contributed by atoms with van der Waals surface area (Å²) < 4.78 is 18.3. The predicted octanol–water partition coefficient (Wildman–Crippen LogP) is 2.46. The van der Waals surface area contributed by atoms with Crippen LogP contribution in [0.4, 0.5) is 14.9 Å². The number of aliphatic hydroxyl groups is 1. The van der Waals surface area contributed by atoms with Gasteiger partial charge < -0.3 is 20.1 Å². The molecule has 0 heterocycles. The van der Waals surface area contributed by atoms with E-state index in [1.165, 1.54) is 30.2 Å². The molecule has 0 saturated heterocycles. The maximum absolute atomic E-state index is 13.2. The highest BCUT2D eigenvalue weighted by Crippen LogP contribution is 2.25. The van der Waals surface area contributed by atoms with Crippen LogP contribution in [0.2, 0.25) is 0 Å². The molecule has 2 N–H and O–H groups in total. The average molecular weight is 284 g/mol. The van der Waals surface area contributed by atoms with Crippen molar-refractivity contribution in [2.45, 2.75) is 32.9 Å². The minimum Gasteiger partial charge on any atom is -0.495 e. The first kappa shape index (κ1) is 16.2. The number of aliphatic hydroxyl groups excluding tert-OH is 1. The molecule has 1 atom stereocenters. The maximum atomic E-state index is 13.2. The molecule has 0 spiro atoms. The summed E-state index contributed by atoms with van der Waals surface area (Å²) in [6.07, 6.45) is -0.641. The van der Waals surface area contributed by atoms with E-state index >= 15 is 0 Å². The zero-order valence-corrected chi connectivity index (χ0v) is 12.2. The molecule has 2 amide bonds. The number of nitrogens with zero attached hydrogens (tertiary/aromatic N) is 1. The van der Waals surface area contributed by atoms with Gasteiger partial charge in [-0.2, -0.15) is 0 Å². The molecule has 20 heavy (non-hydrogen) atoms. The Morgan fingerprint density at radius 1 is 1.45 bits per heavy atom. The van der Waals surface area contributed by atoms with Gasteiger partial charge in [-0.05, 0) is 32.9 Å². The highest BCUT2D eigenvalue weighted by atomic mass is 19.1. The Bertz CT molecular complexity index is 464. The van der Waals surface area contributed by atoms with E-state index in [0.717, 1.165) is 0 Å². The first-order chi connectivity index (χ1) is 9.35. The quantitative estimate of drug-likeness (QED) is 0.873. The van der Waals surface area contributed by atoms with Crippen molar-refractivity contribution in [2.75, 3.05) is 19.0 Å². The van der Waals surface area contributed by atoms with Gasteiger partial charge in [-0.1, -0.05) is 0 Å². The first-order valence-corrected chi connectivity index (χ1v) is 6.44. The van der Waals surface area contributed by atoms with Gasteiger partial charge in [0.2, 0.25) is 0 Å². The molecule has 0 aromatic heterocycles. The fraction of sp³-hybridized carbons (Fsp3) is 0.500. The van der Waals surface area contributed by atoms with Crippen LogP contribution in [0.25, 0.3) is 0 Å². The molecule has 5 nitrogen and oxygen atoms in total. The van der Waals surface area contributed by atoms with Gasteiger partial charge in [0, 0.05) is 18.7 Å². The van der Waals surface area contributed by atoms with E-state index in [1.807, 2.05) is 13.8 Å². The number of nitrogens with one attached hydrogen (secondary N) is 1. The fourth-order valence-corrected chi connectivity index (χ4v) is 1.78. The third-order valence-electron chi connectivity index (χ3n) is 2.75. The Kier molecular flexibility index (Phi) is 5.76. The Morgan fingerprint density at radius 2 is 2.10 bits per heavy atom. The number of halogens is 1. The summed E-state index contributed by atoms with van der Waals surface area (Å²) in [7, 11) is 1.44. The van der Waals surface area contributed by atoms with Crippen LogP contribution in [0.3, 0.4) is 0 Å². The van der Waals surface area contributed by atoms with Crippen LogP contribution in [-0.2, 0) is 0 Å². The topological polar surface area (TPSA) is 61.8 Å². The third kappa shape index (κ3) is 4.38. The Morgan fingerprint density at radius 3 is 2.60 bits per heavy atom. The molecule has 112 valence electrons. The summed E-state index contributed by atoms with van der Waals surface area (Å²) >= 11 is 0. The van der Waals surface area contributed by atoms with Crippen molar-refractivity contribution in [2.24, 2.45) is 0 Å². The number of ether oxygens (including phenoxy) is 1. The summed E-state index contributed by atoms with van der Waals surface area (Å²) in [4.78, 5) is 13.7. The molecule has 0 fully saturated rings. The van der Waals surface area contributed by atoms with E-state index in [0.29, 0.717) is 5.75 Å². The van der Waals surface area contributed by atoms with Gasteiger partial charge in [-0.15, -0.1) is 0 Å². The van der Waals surface area contributed by atoms with Crippen molar-refractivity contribution < 1.29 is 19.0 Å². The van der Waals surface area contributed by atoms with Gasteiger partial charge in [0.15, 0.2) is 0 Å². The van der Waals surface area contributed by atoms with Crippen molar-refractivity contribution in [1.29, 1.82) is 0 Å². The lowest BCUT2D eigenvalue weighted by Gasteiger charge is -2.28. The monoisotopic (exact) mass is 284 g/mol. The Balaban J connectivity index is 2.90. The maximum Gasteiger partial charge on any atom is 0.322 e. The molecule has 0 bridgehead atoms. The number of amides is 2. The summed E-state index contributed by atoms with van der Waals surface area (Å²) in [5.41, 5.74) is 0.258. The van der Waals surface area contributed by atoms with Gasteiger partial charge in [-0.25, -0.2) is 9.18 Å². The van der Waals surface area contributed by atoms with E-state index < -0.39 is 18.0 Å². The third-order valence-corrected chi connectivity index (χ3v) is 2.75. The molecule has 0 aliphatic carbocycles. The van der Waals surface area contributed by atoms with Crippen molar-refractivity contribution in [1.82, 2.24) is 4.90 Å². The van der Waals surface area contributed by atoms with Crippen LogP contribution in [0.5, 0.6) is 5.75 Å². The predicted molar refractivity (Wildman–Crippen MR) is 75.5 cm³/mol. The lowest BCUT2D eigenvalue weighted by atomic mass is 10.2. The minimum atomic E-state index is -0.641. The van der Waals surface area contributed by atoms with Crippen LogP contribution in [0.1, 0.15) is 20.8 Å². The largest absolute Gasteiger partial charge is 0.495 e. The molecule has 1 aromatic carbocycles. The summed E-state index contributed by atoms with van der Waals surface area (Å²) in [5, 5.41) is 12.0. The summed E-state index contributed by atoms with van der Waals surface area (Å²) in [6.45, 7) is 5.47. The number of carbonyl (C=O) groups is 1. The van der Waals surface area contributed by atoms with Crippen LogP contribution < -0.4 is 10.1 Å². The number of benzene rings is 1. The molecule has 1 rings (SSSR count). The van der Waals surface area contributed by atoms with Crippen LogP contribution in [0, 0.1) is 5.82 Å². The molecule has 0 aliphatic heterocycles. The van der Waals surface area contributed by atoms with Gasteiger partial charge in [-0.3, -0.25) is 0 Å². The van der Waals surface area contributed by atoms with E-state index in [9.17, 15) is 14.3 Å². The van der Waals surface area contributed by atoms with Crippen molar-refractivity contribution >= 4 is 11.7 Å². The van der Waals surface area contributed by atoms with Crippen LogP contribution >= 0.6 is 0 Å². The molecule has 0 radical (unpaired) electrons. The second-order valence-corrected chi connectivity index (χ2v) is 4.87. The smallest absolute Gasteiger partial charge is 0.322 e. The number of rotatable bonds is 5. The summed E-state index contributed by atoms with van der Waals surface area (Å²) in [6, 6.07) is 3.38. The second-order valence-electron chi connectivity index (χ2n) is 4.87. The van der Waals surface area contributed by atoms with Crippen molar-refractivity contribution in [3.8, 4) is 5.75 Å². The lowest BCUT2D eigenvalue weighted by molar-refractivity contribution is 0.125. The molecular formula is C14H21FN2O3. The molecule has 1 aromatic rings. The van der Waals surface area contributed by atoms with E-state index in [1.54, 1.807) is 6.92 Å². The molecular weight excluding hydrogens is 263 g/mol. The number of urea groups is 1. The van der Waals surface area contributed by atoms with Crippen LogP contribution in [0.15, 0.2) is 18.2 Å². The average Bonchev–Trinajstić information content (AvgIpc) is 2.35. The molecule has 0 aliphatic rings. The van der Waals surface area contributed by atoms with Gasteiger partial charge in [0.1, 0.15) is 11.6 Å². The number of carbonyl (C=O) groups excluding carboxylic acids is 1. The number of methoxy groups -OCH3 is 1. The number of anilines is 1. The normalized spacial score (nSPS) is 12.2. The SMILES string of the molecule is COc1ccc(F)cc1NC(=O)N(CC(C)O)C(C)C. The Hall–Kier alpha value is -1.82. The fourth-order valence-electron chi connectivity index (χ4n) is 1.78. The van der Waals surface area contributed by atoms with E-state index in [2.05, 4.69) is 5.32 Å². The van der Waals surface area contributed by atoms with Gasteiger partial charge in [0.25, 0.3) is 0 Å². The minimum absolute atomic E-state index is 0.0934. The molecule has 6 heteroatoms. The van der Waals surface area contributed by atoms with Gasteiger partial charge in [0.05, 0.1) is 18.9 Å². The second kappa shape index (κ2) is 7.09. The van der Waals surface area contributed by atoms with Crippen molar-refractivity contribution in [3.05, 3.63) is 24.0 Å². The van der Waals surface area contributed by atoms with Crippen molar-refractivity contribution in [3.63, 3.8) is 0 Å². The zero-order valence-electron chi connectivity index (χ0n) is 12.2. The highest BCUT2D eigenvalue weighted by molar-refractivity contribution is 5.91. The standard InChI is InChI=1S/C14H21FN2O3/c1-9(2)17(8-10(3)18)14(19)16-12-7-11(15)5-6-13(12)20-4/h5-7,9-10,18H,8H2,1-4H3,(H,16,19). The van der Waals surface area contributed by atoms with E-state index in [-0.39, 0.29) is 18.3 Å². The Labute approximate surface area is 118 Å². The highest BCUT2D eigenvalue weighted by Gasteiger charge is 2.20. The van der Waals surface area contributed by atoms with E-state index in [4.69, 9.17) is 4.74 Å². The first-order valence-electron chi connectivity index (χ1n) is 6.44. The number of hydrogen-bond donors (Lipinski definition) is 2. The zero-order chi connectivity index (χ0) is 15.3. The lowest BCUT2D eigenvalue weighted by Crippen LogP contribution is -2.43. The summed E-state index contributed by atoms with van der Waals surface area (Å²) in [5.74, 6) is -0.0896. The molecule has 0 saturated carbocycles.